The van der Waals surface area contributed by atoms with Gasteiger partial charge in [0.2, 0.25) is 0 Å². The van der Waals surface area contributed by atoms with E-state index in [1.807, 2.05) is 31.2 Å². The smallest absolute Gasteiger partial charge is 0.270 e. The maximum absolute atomic E-state index is 12.3. The molecule has 1 amide bonds. The number of rotatable bonds is 7. The first kappa shape index (κ1) is 17.5. The highest BCUT2D eigenvalue weighted by atomic mass is 16.5. The third-order valence-corrected chi connectivity index (χ3v) is 3.51. The molecule has 0 fully saturated rings. The minimum atomic E-state index is -0.290. The molecule has 2 aromatic heterocycles. The summed E-state index contributed by atoms with van der Waals surface area (Å²) in [7, 11) is 0. The number of aromatic nitrogens is 2. The van der Waals surface area contributed by atoms with Gasteiger partial charge < -0.3 is 19.8 Å². The van der Waals surface area contributed by atoms with Crippen LogP contribution in [0.4, 0.5) is 11.5 Å². The molecular formula is C19H20N4O3. The van der Waals surface area contributed by atoms with Gasteiger partial charge in [0.25, 0.3) is 5.91 Å². The molecule has 3 rings (SSSR count). The molecule has 0 atom stereocenters. The molecule has 0 bridgehead atoms. The summed E-state index contributed by atoms with van der Waals surface area (Å²) in [5.41, 5.74) is 1.13. The van der Waals surface area contributed by atoms with E-state index >= 15 is 0 Å². The van der Waals surface area contributed by atoms with Crippen LogP contribution in [-0.4, -0.2) is 22.5 Å². The van der Waals surface area contributed by atoms with Gasteiger partial charge >= 0.3 is 0 Å². The first-order valence-electron chi connectivity index (χ1n) is 8.30. The van der Waals surface area contributed by atoms with Crippen LogP contribution in [0.2, 0.25) is 0 Å². The van der Waals surface area contributed by atoms with Gasteiger partial charge in [-0.05, 0) is 50.2 Å². The molecule has 26 heavy (non-hydrogen) atoms. The van der Waals surface area contributed by atoms with Crippen molar-refractivity contribution in [2.24, 2.45) is 0 Å². The monoisotopic (exact) mass is 352 g/mol. The van der Waals surface area contributed by atoms with Crippen molar-refractivity contribution in [3.63, 3.8) is 0 Å². The highest BCUT2D eigenvalue weighted by molar-refractivity contribution is 5.93. The fraction of sp³-hybridized carbons (Fsp3) is 0.211. The fourth-order valence-corrected chi connectivity index (χ4v) is 2.37. The summed E-state index contributed by atoms with van der Waals surface area (Å²) >= 11 is 0. The van der Waals surface area contributed by atoms with Gasteiger partial charge in [-0.25, -0.2) is 9.97 Å². The van der Waals surface area contributed by atoms with Crippen LogP contribution in [0, 0.1) is 6.92 Å². The Kier molecular flexibility index (Phi) is 5.48. The van der Waals surface area contributed by atoms with Crippen LogP contribution in [0.1, 0.15) is 29.0 Å². The summed E-state index contributed by atoms with van der Waals surface area (Å²) in [5, 5.41) is 5.95. The largest absolute Gasteiger partial charge is 0.494 e. The van der Waals surface area contributed by atoms with Gasteiger partial charge in [-0.3, -0.25) is 4.79 Å². The Morgan fingerprint density at radius 2 is 2.00 bits per heavy atom. The van der Waals surface area contributed by atoms with Crippen molar-refractivity contribution < 1.29 is 13.9 Å². The third kappa shape index (κ3) is 4.60. The Morgan fingerprint density at radius 1 is 1.19 bits per heavy atom. The minimum absolute atomic E-state index is 0.289. The standard InChI is InChI=1S/C19H20N4O3/c1-3-25-15-8-6-14(7-9-15)23-18-11-17(21-13(2)22-18)19(24)20-12-16-5-4-10-26-16/h4-11H,3,12H2,1-2H3,(H,20,24)(H,21,22,23). The van der Waals surface area contributed by atoms with Crippen molar-refractivity contribution in [1.82, 2.24) is 15.3 Å². The van der Waals surface area contributed by atoms with Crippen LogP contribution < -0.4 is 15.4 Å². The summed E-state index contributed by atoms with van der Waals surface area (Å²) < 4.78 is 10.6. The average Bonchev–Trinajstić information content (AvgIpc) is 3.15. The van der Waals surface area contributed by atoms with Crippen molar-refractivity contribution >= 4 is 17.4 Å². The molecule has 0 aliphatic carbocycles. The average molecular weight is 352 g/mol. The van der Waals surface area contributed by atoms with E-state index in [0.717, 1.165) is 11.4 Å². The van der Waals surface area contributed by atoms with Gasteiger partial charge in [0.15, 0.2) is 0 Å². The Labute approximate surface area is 151 Å². The molecule has 1 aromatic carbocycles. The number of furan rings is 1. The Morgan fingerprint density at radius 3 is 2.69 bits per heavy atom. The molecule has 0 unspecified atom stereocenters. The zero-order valence-corrected chi connectivity index (χ0v) is 14.7. The molecule has 2 heterocycles. The number of anilines is 2. The molecule has 7 nitrogen and oxygen atoms in total. The van der Waals surface area contributed by atoms with Gasteiger partial charge in [-0.1, -0.05) is 0 Å². The molecule has 7 heteroatoms. The lowest BCUT2D eigenvalue weighted by Gasteiger charge is -2.10. The molecule has 0 radical (unpaired) electrons. The number of aryl methyl sites for hydroxylation is 1. The normalized spacial score (nSPS) is 10.4. The molecule has 0 saturated carbocycles. The maximum Gasteiger partial charge on any atom is 0.270 e. The summed E-state index contributed by atoms with van der Waals surface area (Å²) in [6, 6.07) is 12.7. The number of nitrogens with zero attached hydrogens (tertiary/aromatic N) is 2. The van der Waals surface area contributed by atoms with Crippen LogP contribution in [0.25, 0.3) is 0 Å². The highest BCUT2D eigenvalue weighted by Gasteiger charge is 2.11. The van der Waals surface area contributed by atoms with E-state index in [-0.39, 0.29) is 11.6 Å². The Hall–Kier alpha value is -3.35. The second-order valence-corrected chi connectivity index (χ2v) is 5.53. The predicted molar refractivity (Wildman–Crippen MR) is 97.5 cm³/mol. The molecule has 0 spiro atoms. The molecule has 134 valence electrons. The number of amides is 1. The number of hydrogen-bond donors (Lipinski definition) is 2. The van der Waals surface area contributed by atoms with E-state index in [1.54, 1.807) is 31.4 Å². The van der Waals surface area contributed by atoms with Gasteiger partial charge in [-0.2, -0.15) is 0 Å². The second-order valence-electron chi connectivity index (χ2n) is 5.53. The topological polar surface area (TPSA) is 89.3 Å². The van der Waals surface area contributed by atoms with E-state index in [2.05, 4.69) is 20.6 Å². The SMILES string of the molecule is CCOc1ccc(Nc2cc(C(=O)NCc3ccco3)nc(C)n2)cc1. The number of hydrogen-bond acceptors (Lipinski definition) is 6. The van der Waals surface area contributed by atoms with Gasteiger partial charge in [0, 0.05) is 11.8 Å². The van der Waals surface area contributed by atoms with Crippen LogP contribution in [0.5, 0.6) is 5.75 Å². The Balaban J connectivity index is 1.69. The number of carbonyl (C=O) groups excluding carboxylic acids is 1. The third-order valence-electron chi connectivity index (χ3n) is 3.51. The van der Waals surface area contributed by atoms with Crippen molar-refractivity contribution in [1.29, 1.82) is 0 Å². The van der Waals surface area contributed by atoms with Crippen molar-refractivity contribution in [3.8, 4) is 5.75 Å². The summed E-state index contributed by atoms with van der Waals surface area (Å²) in [6.07, 6.45) is 1.56. The number of carbonyl (C=O) groups is 1. The zero-order valence-electron chi connectivity index (χ0n) is 14.7. The van der Waals surface area contributed by atoms with Crippen LogP contribution in [0.15, 0.2) is 53.1 Å². The molecule has 2 N–H and O–H groups in total. The second kappa shape index (κ2) is 8.15. The number of ether oxygens (including phenoxy) is 1. The van der Waals surface area contributed by atoms with E-state index in [0.29, 0.717) is 30.6 Å². The predicted octanol–water partition coefficient (Wildman–Crippen LogP) is 3.45. The van der Waals surface area contributed by atoms with Gasteiger partial charge in [-0.15, -0.1) is 0 Å². The van der Waals surface area contributed by atoms with E-state index < -0.39 is 0 Å². The van der Waals surface area contributed by atoms with Crippen molar-refractivity contribution in [2.45, 2.75) is 20.4 Å². The molecule has 0 saturated heterocycles. The fourth-order valence-electron chi connectivity index (χ4n) is 2.37. The first-order chi connectivity index (χ1) is 12.6. The number of nitrogens with one attached hydrogen (secondary N) is 2. The lowest BCUT2D eigenvalue weighted by molar-refractivity contribution is 0.0942. The van der Waals surface area contributed by atoms with Gasteiger partial charge in [0.05, 0.1) is 19.4 Å². The molecule has 0 aliphatic heterocycles. The maximum atomic E-state index is 12.3. The van der Waals surface area contributed by atoms with Crippen molar-refractivity contribution in [3.05, 3.63) is 66.0 Å². The minimum Gasteiger partial charge on any atom is -0.494 e. The zero-order chi connectivity index (χ0) is 18.4. The quantitative estimate of drug-likeness (QED) is 0.677. The molecule has 3 aromatic rings. The van der Waals surface area contributed by atoms with Crippen LogP contribution in [0.3, 0.4) is 0 Å². The number of benzene rings is 1. The van der Waals surface area contributed by atoms with E-state index in [1.165, 1.54) is 0 Å². The van der Waals surface area contributed by atoms with Crippen molar-refractivity contribution in [2.75, 3.05) is 11.9 Å². The van der Waals surface area contributed by atoms with Gasteiger partial charge in [0.1, 0.15) is 28.8 Å². The Bertz CT molecular complexity index is 861. The highest BCUT2D eigenvalue weighted by Crippen LogP contribution is 2.19. The van der Waals surface area contributed by atoms with Crippen LogP contribution in [-0.2, 0) is 6.54 Å². The van der Waals surface area contributed by atoms with E-state index in [4.69, 9.17) is 9.15 Å². The molecule has 0 aliphatic rings. The summed E-state index contributed by atoms with van der Waals surface area (Å²) in [5.74, 6) is 2.24. The van der Waals surface area contributed by atoms with E-state index in [9.17, 15) is 4.79 Å². The lowest BCUT2D eigenvalue weighted by Crippen LogP contribution is -2.24. The lowest BCUT2D eigenvalue weighted by atomic mass is 10.3. The summed E-state index contributed by atoms with van der Waals surface area (Å²) in [6.45, 7) is 4.60. The first-order valence-corrected chi connectivity index (χ1v) is 8.30. The van der Waals surface area contributed by atoms with Crippen LogP contribution >= 0.6 is 0 Å². The molecular weight excluding hydrogens is 332 g/mol. The summed E-state index contributed by atoms with van der Waals surface area (Å²) in [4.78, 5) is 20.9.